The molecule has 0 saturated heterocycles. The van der Waals surface area contributed by atoms with Crippen molar-refractivity contribution in [3.05, 3.63) is 130 Å². The lowest BCUT2D eigenvalue weighted by molar-refractivity contribution is -0.121. The Hall–Kier alpha value is -3.79. The Morgan fingerprint density at radius 2 is 1.59 bits per heavy atom. The highest BCUT2D eigenvalue weighted by atomic mass is 79.9. The number of nitrogens with zero attached hydrogens (tertiary/aromatic N) is 1. The summed E-state index contributed by atoms with van der Waals surface area (Å²) in [5.41, 5.74) is 5.94. The molecule has 0 aliphatic carbocycles. The summed E-state index contributed by atoms with van der Waals surface area (Å²) in [6, 6.07) is 30.0. The number of hydrogen-bond acceptors (Lipinski definition) is 5. The summed E-state index contributed by atoms with van der Waals surface area (Å²) in [6.07, 6.45) is 1.39. The Morgan fingerprint density at radius 3 is 2.26 bits per heavy atom. The SMILES string of the molecule is Cc1ccc(S(=O)(=O)N[C@@H](CC(=O)N/N=C\c2ccc(OCc3ccc(Br)cc3)cc2)c2ccccc2)cc1. The highest BCUT2D eigenvalue weighted by molar-refractivity contribution is 9.10. The van der Waals surface area contributed by atoms with Gasteiger partial charge in [0.25, 0.3) is 0 Å². The van der Waals surface area contributed by atoms with Gasteiger partial charge in [0, 0.05) is 10.9 Å². The van der Waals surface area contributed by atoms with Crippen molar-refractivity contribution in [1.29, 1.82) is 0 Å². The van der Waals surface area contributed by atoms with Gasteiger partial charge in [-0.3, -0.25) is 4.79 Å². The summed E-state index contributed by atoms with van der Waals surface area (Å²) in [4.78, 5) is 12.8. The van der Waals surface area contributed by atoms with E-state index in [0.717, 1.165) is 21.2 Å². The highest BCUT2D eigenvalue weighted by Crippen LogP contribution is 2.21. The number of amides is 1. The van der Waals surface area contributed by atoms with Gasteiger partial charge >= 0.3 is 0 Å². The van der Waals surface area contributed by atoms with Crippen LogP contribution in [0.4, 0.5) is 0 Å². The Labute approximate surface area is 237 Å². The highest BCUT2D eigenvalue weighted by Gasteiger charge is 2.23. The van der Waals surface area contributed by atoms with E-state index in [9.17, 15) is 13.2 Å². The zero-order valence-electron chi connectivity index (χ0n) is 21.3. The minimum Gasteiger partial charge on any atom is -0.489 e. The number of carbonyl (C=O) groups is 1. The van der Waals surface area contributed by atoms with Crippen molar-refractivity contribution in [1.82, 2.24) is 10.1 Å². The smallest absolute Gasteiger partial charge is 0.242 e. The first-order valence-electron chi connectivity index (χ1n) is 12.2. The number of aryl methyl sites for hydroxylation is 1. The van der Waals surface area contributed by atoms with E-state index in [4.69, 9.17) is 4.74 Å². The third-order valence-corrected chi connectivity index (χ3v) is 7.84. The topological polar surface area (TPSA) is 96.9 Å². The van der Waals surface area contributed by atoms with Gasteiger partial charge < -0.3 is 4.74 Å². The lowest BCUT2D eigenvalue weighted by atomic mass is 10.0. The molecule has 39 heavy (non-hydrogen) atoms. The van der Waals surface area contributed by atoms with Crippen molar-refractivity contribution in [3.63, 3.8) is 0 Å². The van der Waals surface area contributed by atoms with Crippen molar-refractivity contribution < 1.29 is 17.9 Å². The standard InChI is InChI=1S/C30H28BrN3O4S/c1-22-7-17-28(18-8-22)39(36,37)34-29(25-5-3-2-4-6-25)19-30(35)33-32-20-23-11-15-27(16-12-23)38-21-24-9-13-26(31)14-10-24/h2-18,20,29,34H,19,21H2,1H3,(H,33,35)/b32-20-/t29-/m0/s1. The van der Waals surface area contributed by atoms with E-state index in [2.05, 4.69) is 31.2 Å². The maximum absolute atomic E-state index is 13.0. The van der Waals surface area contributed by atoms with Crippen LogP contribution in [0.2, 0.25) is 0 Å². The third-order valence-electron chi connectivity index (χ3n) is 5.82. The van der Waals surface area contributed by atoms with Gasteiger partial charge in [0.15, 0.2) is 0 Å². The minimum absolute atomic E-state index is 0.130. The molecule has 200 valence electrons. The average Bonchev–Trinajstić information content (AvgIpc) is 2.94. The second kappa shape index (κ2) is 13.3. The van der Waals surface area contributed by atoms with Crippen LogP contribution in [0.15, 0.2) is 118 Å². The first kappa shape index (κ1) is 28.2. The number of ether oxygens (including phenoxy) is 1. The van der Waals surface area contributed by atoms with E-state index in [1.807, 2.05) is 61.5 Å². The van der Waals surface area contributed by atoms with Gasteiger partial charge in [-0.05, 0) is 72.1 Å². The molecule has 1 amide bonds. The number of hydrogen-bond donors (Lipinski definition) is 2. The molecule has 0 fully saturated rings. The van der Waals surface area contributed by atoms with Crippen LogP contribution >= 0.6 is 15.9 Å². The number of carbonyl (C=O) groups excluding carboxylic acids is 1. The number of hydrazone groups is 1. The van der Waals surface area contributed by atoms with E-state index >= 15 is 0 Å². The van der Waals surface area contributed by atoms with Crippen molar-refractivity contribution in [2.45, 2.75) is 30.9 Å². The minimum atomic E-state index is -3.84. The fraction of sp³-hybridized carbons (Fsp3) is 0.133. The van der Waals surface area contributed by atoms with E-state index < -0.39 is 22.0 Å². The van der Waals surface area contributed by atoms with Gasteiger partial charge in [-0.2, -0.15) is 5.10 Å². The molecule has 0 spiro atoms. The molecule has 4 aromatic rings. The molecule has 4 aromatic carbocycles. The first-order valence-corrected chi connectivity index (χ1v) is 14.5. The molecule has 7 nitrogen and oxygen atoms in total. The average molecular weight is 607 g/mol. The molecule has 0 aromatic heterocycles. The fourth-order valence-corrected chi connectivity index (χ4v) is 5.18. The normalized spacial score (nSPS) is 12.3. The zero-order chi connectivity index (χ0) is 27.7. The summed E-state index contributed by atoms with van der Waals surface area (Å²) in [5.74, 6) is 0.284. The quantitative estimate of drug-likeness (QED) is 0.164. The summed E-state index contributed by atoms with van der Waals surface area (Å²) in [5, 5.41) is 4.04. The van der Waals surface area contributed by atoms with Crippen molar-refractivity contribution >= 4 is 38.1 Å². The number of halogens is 1. The largest absolute Gasteiger partial charge is 0.489 e. The van der Waals surface area contributed by atoms with Crippen molar-refractivity contribution in [2.75, 3.05) is 0 Å². The van der Waals surface area contributed by atoms with E-state index in [0.29, 0.717) is 17.9 Å². The molecular weight excluding hydrogens is 578 g/mol. The van der Waals surface area contributed by atoms with Crippen LogP contribution in [0, 0.1) is 6.92 Å². The molecule has 4 rings (SSSR count). The summed E-state index contributed by atoms with van der Waals surface area (Å²) < 4.78 is 35.5. The third kappa shape index (κ3) is 8.61. The molecule has 0 aliphatic heterocycles. The molecule has 2 N–H and O–H groups in total. The molecule has 0 saturated carbocycles. The van der Waals surface area contributed by atoms with Gasteiger partial charge in [0.05, 0.1) is 17.2 Å². The predicted molar refractivity (Wildman–Crippen MR) is 156 cm³/mol. The van der Waals surface area contributed by atoms with Crippen LogP contribution in [-0.4, -0.2) is 20.5 Å². The zero-order valence-corrected chi connectivity index (χ0v) is 23.7. The monoisotopic (exact) mass is 605 g/mol. The Kier molecular flexibility index (Phi) is 9.64. The Morgan fingerprint density at radius 1 is 0.923 bits per heavy atom. The van der Waals surface area contributed by atoms with Gasteiger partial charge in [0.1, 0.15) is 12.4 Å². The second-order valence-corrected chi connectivity index (χ2v) is 11.5. The van der Waals surface area contributed by atoms with E-state index in [1.54, 1.807) is 48.5 Å². The maximum atomic E-state index is 13.0. The molecule has 0 bridgehead atoms. The first-order chi connectivity index (χ1) is 18.8. The van der Waals surface area contributed by atoms with Gasteiger partial charge in [0.2, 0.25) is 15.9 Å². The molecule has 0 unspecified atom stereocenters. The summed E-state index contributed by atoms with van der Waals surface area (Å²) >= 11 is 3.42. The lowest BCUT2D eigenvalue weighted by Gasteiger charge is -2.18. The molecule has 1 atom stereocenters. The van der Waals surface area contributed by atoms with Gasteiger partial charge in [-0.25, -0.2) is 18.6 Å². The van der Waals surface area contributed by atoms with E-state index in [1.165, 1.54) is 6.21 Å². The van der Waals surface area contributed by atoms with Crippen LogP contribution in [-0.2, 0) is 21.4 Å². The second-order valence-electron chi connectivity index (χ2n) is 8.88. The molecule has 0 radical (unpaired) electrons. The fourth-order valence-electron chi connectivity index (χ4n) is 3.69. The van der Waals surface area contributed by atoms with E-state index in [-0.39, 0.29) is 11.3 Å². The van der Waals surface area contributed by atoms with Crippen LogP contribution in [0.1, 0.15) is 34.7 Å². The lowest BCUT2D eigenvalue weighted by Crippen LogP contribution is -2.32. The van der Waals surface area contributed by atoms with Crippen LogP contribution < -0.4 is 14.9 Å². The molecule has 0 aliphatic rings. The Bertz CT molecular complexity index is 1510. The van der Waals surface area contributed by atoms with Crippen LogP contribution in [0.25, 0.3) is 0 Å². The number of rotatable bonds is 11. The van der Waals surface area contributed by atoms with Crippen LogP contribution in [0.3, 0.4) is 0 Å². The molecule has 0 heterocycles. The summed E-state index contributed by atoms with van der Waals surface area (Å²) in [7, 11) is -3.84. The summed E-state index contributed by atoms with van der Waals surface area (Å²) in [6.45, 7) is 2.34. The molecule has 9 heteroatoms. The van der Waals surface area contributed by atoms with Crippen molar-refractivity contribution in [3.8, 4) is 5.75 Å². The van der Waals surface area contributed by atoms with Crippen molar-refractivity contribution in [2.24, 2.45) is 5.10 Å². The maximum Gasteiger partial charge on any atom is 0.242 e. The van der Waals surface area contributed by atoms with Gasteiger partial charge in [-0.1, -0.05) is 76.1 Å². The number of sulfonamides is 1. The van der Waals surface area contributed by atoms with Crippen LogP contribution in [0.5, 0.6) is 5.75 Å². The Balaban J connectivity index is 1.34. The number of benzene rings is 4. The predicted octanol–water partition coefficient (Wildman–Crippen LogP) is 5.90. The van der Waals surface area contributed by atoms with Gasteiger partial charge in [-0.15, -0.1) is 0 Å². The molecular formula is C30H28BrN3O4S. The number of nitrogens with one attached hydrogen (secondary N) is 2.